The van der Waals surface area contributed by atoms with E-state index in [1.165, 1.54) is 5.56 Å². The Morgan fingerprint density at radius 2 is 1.95 bits per heavy atom. The summed E-state index contributed by atoms with van der Waals surface area (Å²) in [6.45, 7) is 2.11. The van der Waals surface area contributed by atoms with Gasteiger partial charge in [0.2, 0.25) is 0 Å². The van der Waals surface area contributed by atoms with E-state index < -0.39 is 0 Å². The van der Waals surface area contributed by atoms with Gasteiger partial charge in [0.05, 0.1) is 5.69 Å². The lowest BCUT2D eigenvalue weighted by molar-refractivity contribution is 0.111. The number of rotatable bonds is 3. The van der Waals surface area contributed by atoms with Crippen molar-refractivity contribution >= 4 is 27.7 Å². The van der Waals surface area contributed by atoms with Gasteiger partial charge in [-0.2, -0.15) is 0 Å². The van der Waals surface area contributed by atoms with Crippen molar-refractivity contribution in [1.82, 2.24) is 4.40 Å². The summed E-state index contributed by atoms with van der Waals surface area (Å²) in [5.41, 5.74) is 4.95. The average molecular weight is 328 g/mol. The van der Waals surface area contributed by atoms with Crippen LogP contribution in [0.25, 0.3) is 16.6 Å². The number of aldehydes is 1. The molecule has 0 aliphatic carbocycles. The van der Waals surface area contributed by atoms with Crippen LogP contribution < -0.4 is 0 Å². The monoisotopic (exact) mass is 327 g/mol. The van der Waals surface area contributed by atoms with Crippen molar-refractivity contribution in [3.63, 3.8) is 0 Å². The first kappa shape index (κ1) is 13.1. The Labute approximate surface area is 126 Å². The molecule has 20 heavy (non-hydrogen) atoms. The smallest absolute Gasteiger partial charge is 0.167 e. The minimum Gasteiger partial charge on any atom is -0.313 e. The van der Waals surface area contributed by atoms with E-state index in [2.05, 4.69) is 41.1 Å². The molecular weight excluding hydrogens is 314 g/mol. The first-order valence-corrected chi connectivity index (χ1v) is 7.38. The fraction of sp³-hybridized carbons (Fsp3) is 0.118. The minimum atomic E-state index is 0.696. The summed E-state index contributed by atoms with van der Waals surface area (Å²) in [5.74, 6) is 0. The highest BCUT2D eigenvalue weighted by Gasteiger charge is 2.13. The summed E-state index contributed by atoms with van der Waals surface area (Å²) >= 11 is 3.56. The molecule has 0 spiro atoms. The van der Waals surface area contributed by atoms with Gasteiger partial charge in [0.15, 0.2) is 6.29 Å². The number of pyridine rings is 1. The van der Waals surface area contributed by atoms with Gasteiger partial charge in [0.25, 0.3) is 0 Å². The Hall–Kier alpha value is -1.87. The number of fused-ring (bicyclic) bond motifs is 1. The Morgan fingerprint density at radius 3 is 2.65 bits per heavy atom. The normalized spacial score (nSPS) is 10.9. The molecule has 0 fully saturated rings. The molecule has 2 aromatic heterocycles. The summed E-state index contributed by atoms with van der Waals surface area (Å²) in [6, 6.07) is 14.2. The van der Waals surface area contributed by atoms with Crippen LogP contribution in [-0.2, 0) is 6.42 Å². The van der Waals surface area contributed by atoms with E-state index in [0.29, 0.717) is 5.69 Å². The summed E-state index contributed by atoms with van der Waals surface area (Å²) in [6.07, 6.45) is 3.93. The topological polar surface area (TPSA) is 21.5 Å². The van der Waals surface area contributed by atoms with Crippen LogP contribution in [0.4, 0.5) is 0 Å². The number of halogens is 1. The Kier molecular flexibility index (Phi) is 3.45. The highest BCUT2D eigenvalue weighted by molar-refractivity contribution is 9.10. The Morgan fingerprint density at radius 1 is 1.15 bits per heavy atom. The van der Waals surface area contributed by atoms with Crippen molar-refractivity contribution < 1.29 is 4.79 Å². The molecule has 0 saturated heterocycles. The van der Waals surface area contributed by atoms with Crippen LogP contribution in [0.2, 0.25) is 0 Å². The molecule has 100 valence electrons. The molecule has 0 N–H and O–H groups in total. The standard InChI is InChI=1S/C17H14BrNO/c1-2-12-7-8-13-9-15(17(11-20)19(13)10-12)14-5-3-4-6-16(14)18/h3-11H,2H2,1H3. The third-order valence-electron chi connectivity index (χ3n) is 3.55. The minimum absolute atomic E-state index is 0.696. The maximum atomic E-state index is 11.6. The van der Waals surface area contributed by atoms with Crippen molar-refractivity contribution in [1.29, 1.82) is 0 Å². The van der Waals surface area contributed by atoms with Crippen LogP contribution in [0.5, 0.6) is 0 Å². The van der Waals surface area contributed by atoms with Gasteiger partial charge in [-0.15, -0.1) is 0 Å². The maximum absolute atomic E-state index is 11.6. The molecule has 1 aromatic carbocycles. The second kappa shape index (κ2) is 5.25. The number of aromatic nitrogens is 1. The molecule has 3 rings (SSSR count). The van der Waals surface area contributed by atoms with E-state index in [1.807, 2.05) is 34.9 Å². The number of carbonyl (C=O) groups is 1. The summed E-state index contributed by atoms with van der Waals surface area (Å²) in [7, 11) is 0. The molecule has 2 heterocycles. The van der Waals surface area contributed by atoms with Gasteiger partial charge < -0.3 is 4.40 Å². The van der Waals surface area contributed by atoms with Crippen LogP contribution >= 0.6 is 15.9 Å². The van der Waals surface area contributed by atoms with Crippen LogP contribution in [0, 0.1) is 0 Å². The lowest BCUT2D eigenvalue weighted by atomic mass is 10.1. The number of aryl methyl sites for hydroxylation is 1. The number of nitrogens with zero attached hydrogens (tertiary/aromatic N) is 1. The van der Waals surface area contributed by atoms with Gasteiger partial charge in [0.1, 0.15) is 0 Å². The summed E-state index contributed by atoms with van der Waals surface area (Å²) in [5, 5.41) is 0. The quantitative estimate of drug-likeness (QED) is 0.636. The maximum Gasteiger partial charge on any atom is 0.167 e. The van der Waals surface area contributed by atoms with Gasteiger partial charge in [-0.05, 0) is 35.7 Å². The lowest BCUT2D eigenvalue weighted by Gasteiger charge is -2.04. The van der Waals surface area contributed by atoms with Gasteiger partial charge in [-0.25, -0.2) is 0 Å². The molecule has 2 nitrogen and oxygen atoms in total. The van der Waals surface area contributed by atoms with E-state index in [9.17, 15) is 4.79 Å². The molecule has 3 aromatic rings. The van der Waals surface area contributed by atoms with E-state index in [0.717, 1.165) is 33.8 Å². The van der Waals surface area contributed by atoms with Crippen LogP contribution in [0.15, 0.2) is 53.1 Å². The molecule has 0 aliphatic rings. The number of benzene rings is 1. The van der Waals surface area contributed by atoms with Crippen LogP contribution in [0.1, 0.15) is 23.0 Å². The van der Waals surface area contributed by atoms with Crippen LogP contribution in [-0.4, -0.2) is 10.7 Å². The Balaban J connectivity index is 2.31. The largest absolute Gasteiger partial charge is 0.313 e. The zero-order valence-electron chi connectivity index (χ0n) is 11.1. The molecule has 0 unspecified atom stereocenters. The van der Waals surface area contributed by atoms with Crippen molar-refractivity contribution in [2.24, 2.45) is 0 Å². The second-order valence-electron chi connectivity index (χ2n) is 4.73. The SMILES string of the molecule is CCc1ccc2cc(-c3ccccc3Br)c(C=O)n2c1. The lowest BCUT2D eigenvalue weighted by Crippen LogP contribution is -1.94. The van der Waals surface area contributed by atoms with Crippen molar-refractivity contribution in [3.8, 4) is 11.1 Å². The zero-order valence-corrected chi connectivity index (χ0v) is 12.7. The molecular formula is C17H14BrNO. The third kappa shape index (κ3) is 2.08. The molecule has 0 saturated carbocycles. The third-order valence-corrected chi connectivity index (χ3v) is 4.24. The number of hydrogen-bond acceptors (Lipinski definition) is 1. The van der Waals surface area contributed by atoms with Crippen LogP contribution in [0.3, 0.4) is 0 Å². The predicted octanol–water partition coefficient (Wildman–Crippen LogP) is 4.74. The van der Waals surface area contributed by atoms with Crippen molar-refractivity contribution in [2.45, 2.75) is 13.3 Å². The van der Waals surface area contributed by atoms with E-state index in [4.69, 9.17) is 0 Å². The van der Waals surface area contributed by atoms with E-state index in [-0.39, 0.29) is 0 Å². The predicted molar refractivity (Wildman–Crippen MR) is 85.3 cm³/mol. The van der Waals surface area contributed by atoms with Crippen molar-refractivity contribution in [2.75, 3.05) is 0 Å². The van der Waals surface area contributed by atoms with E-state index >= 15 is 0 Å². The molecule has 0 bridgehead atoms. The average Bonchev–Trinajstić information content (AvgIpc) is 2.84. The van der Waals surface area contributed by atoms with Gasteiger partial charge in [0, 0.05) is 21.7 Å². The summed E-state index contributed by atoms with van der Waals surface area (Å²) < 4.78 is 2.97. The van der Waals surface area contributed by atoms with E-state index in [1.54, 1.807) is 0 Å². The first-order valence-electron chi connectivity index (χ1n) is 6.58. The van der Waals surface area contributed by atoms with Crippen molar-refractivity contribution in [3.05, 3.63) is 64.4 Å². The summed E-state index contributed by atoms with van der Waals surface area (Å²) in [4.78, 5) is 11.6. The number of carbonyl (C=O) groups excluding carboxylic acids is 1. The molecule has 3 heteroatoms. The van der Waals surface area contributed by atoms with Gasteiger partial charge >= 0.3 is 0 Å². The fourth-order valence-electron chi connectivity index (χ4n) is 2.46. The molecule has 0 aliphatic heterocycles. The molecule has 0 atom stereocenters. The molecule has 0 radical (unpaired) electrons. The first-order chi connectivity index (χ1) is 9.74. The molecule has 0 amide bonds. The highest BCUT2D eigenvalue weighted by atomic mass is 79.9. The fourth-order valence-corrected chi connectivity index (χ4v) is 2.96. The van der Waals surface area contributed by atoms with Gasteiger partial charge in [-0.3, -0.25) is 4.79 Å². The Bertz CT molecular complexity index is 789. The highest BCUT2D eigenvalue weighted by Crippen LogP contribution is 2.32. The number of hydrogen-bond donors (Lipinski definition) is 0. The van der Waals surface area contributed by atoms with Gasteiger partial charge in [-0.1, -0.05) is 47.1 Å². The zero-order chi connectivity index (χ0) is 14.1. The second-order valence-corrected chi connectivity index (χ2v) is 5.58.